The van der Waals surface area contributed by atoms with Crippen LogP contribution in [0.3, 0.4) is 0 Å². The fourth-order valence-corrected chi connectivity index (χ4v) is 4.14. The van der Waals surface area contributed by atoms with Crippen LogP contribution in [-0.2, 0) is 25.6 Å². The van der Waals surface area contributed by atoms with Crippen molar-refractivity contribution in [2.24, 2.45) is 5.92 Å². The summed E-state index contributed by atoms with van der Waals surface area (Å²) in [6.45, 7) is 3.99. The van der Waals surface area contributed by atoms with Crippen LogP contribution in [0.15, 0.2) is 30.5 Å². The molecule has 1 saturated heterocycles. The van der Waals surface area contributed by atoms with E-state index in [9.17, 15) is 19.2 Å². The Kier molecular flexibility index (Phi) is 8.64. The Morgan fingerprint density at radius 1 is 1.15 bits per heavy atom. The normalized spacial score (nSPS) is 18.1. The van der Waals surface area contributed by atoms with Gasteiger partial charge in [0.25, 0.3) is 0 Å². The number of aromatic amines is 1. The number of H-pyrrole nitrogens is 1. The first-order valence-corrected chi connectivity index (χ1v) is 11.7. The first-order chi connectivity index (χ1) is 16.3. The zero-order valence-electron chi connectivity index (χ0n) is 19.5. The maximum absolute atomic E-state index is 13.3. The van der Waals surface area contributed by atoms with E-state index in [0.29, 0.717) is 12.8 Å². The predicted molar refractivity (Wildman–Crippen MR) is 127 cm³/mol. The Labute approximate surface area is 198 Å². The van der Waals surface area contributed by atoms with Crippen molar-refractivity contribution in [3.8, 4) is 0 Å². The van der Waals surface area contributed by atoms with Crippen LogP contribution < -0.4 is 21.3 Å². The molecule has 34 heavy (non-hydrogen) atoms. The fourth-order valence-electron chi connectivity index (χ4n) is 4.14. The number of aliphatic carboxylic acids is 1. The van der Waals surface area contributed by atoms with Crippen LogP contribution in [0, 0.1) is 5.92 Å². The maximum atomic E-state index is 13.3. The molecule has 2 heterocycles. The Morgan fingerprint density at radius 2 is 1.91 bits per heavy atom. The average molecular weight is 472 g/mol. The van der Waals surface area contributed by atoms with Crippen molar-refractivity contribution in [2.75, 3.05) is 13.1 Å². The van der Waals surface area contributed by atoms with Gasteiger partial charge in [-0.3, -0.25) is 19.2 Å². The highest BCUT2D eigenvalue weighted by molar-refractivity contribution is 5.94. The zero-order valence-corrected chi connectivity index (χ0v) is 19.5. The van der Waals surface area contributed by atoms with Crippen molar-refractivity contribution in [1.82, 2.24) is 26.3 Å². The number of carbonyl (C=O) groups excluding carboxylic acids is 3. The van der Waals surface area contributed by atoms with Crippen molar-refractivity contribution in [3.05, 3.63) is 36.0 Å². The van der Waals surface area contributed by atoms with Crippen molar-refractivity contribution >= 4 is 34.6 Å². The second-order valence-electron chi connectivity index (χ2n) is 8.76. The molecule has 1 aliphatic heterocycles. The number of aromatic nitrogens is 1. The van der Waals surface area contributed by atoms with Gasteiger partial charge < -0.3 is 31.4 Å². The summed E-state index contributed by atoms with van der Waals surface area (Å²) in [6, 6.07) is 5.41. The van der Waals surface area contributed by atoms with Gasteiger partial charge >= 0.3 is 5.97 Å². The number of carboxylic acid groups (broad SMARTS) is 1. The zero-order chi connectivity index (χ0) is 24.7. The van der Waals surface area contributed by atoms with Crippen LogP contribution in [0.5, 0.6) is 0 Å². The molecule has 0 saturated carbocycles. The van der Waals surface area contributed by atoms with Gasteiger partial charge in [0, 0.05) is 23.5 Å². The van der Waals surface area contributed by atoms with E-state index in [0.717, 1.165) is 29.4 Å². The van der Waals surface area contributed by atoms with Crippen LogP contribution >= 0.6 is 0 Å². The number of hydrogen-bond donors (Lipinski definition) is 6. The Bertz CT molecular complexity index is 1030. The van der Waals surface area contributed by atoms with E-state index in [4.69, 9.17) is 5.11 Å². The Hall–Kier alpha value is -3.40. The summed E-state index contributed by atoms with van der Waals surface area (Å²) in [7, 11) is 0. The molecule has 0 aliphatic carbocycles. The molecule has 10 heteroatoms. The lowest BCUT2D eigenvalue weighted by Crippen LogP contribution is -2.58. The van der Waals surface area contributed by atoms with Gasteiger partial charge in [-0.25, -0.2) is 0 Å². The standard InChI is InChI=1S/C24H33N5O5/c1-3-14(2)21(29-23(33)18-9-6-10-25-18)24(34)28-19(22(32)27-13-20(30)31)11-15-12-26-17-8-5-4-7-16(15)17/h4-5,7-8,12,14,18-19,21,25-26H,3,6,9-11,13H2,1-2H3,(H,27,32)(H,28,34)(H,29,33)(H,30,31). The number of para-hydroxylation sites is 1. The van der Waals surface area contributed by atoms with Crippen LogP contribution in [0.2, 0.25) is 0 Å². The second-order valence-corrected chi connectivity index (χ2v) is 8.76. The number of rotatable bonds is 11. The van der Waals surface area contributed by atoms with Gasteiger partial charge in [0.05, 0.1) is 6.04 Å². The highest BCUT2D eigenvalue weighted by Gasteiger charge is 2.32. The van der Waals surface area contributed by atoms with Gasteiger partial charge in [0.2, 0.25) is 17.7 Å². The molecule has 4 atom stereocenters. The van der Waals surface area contributed by atoms with Crippen molar-refractivity contribution in [1.29, 1.82) is 0 Å². The van der Waals surface area contributed by atoms with Gasteiger partial charge in [-0.2, -0.15) is 0 Å². The molecule has 184 valence electrons. The lowest BCUT2D eigenvalue weighted by Gasteiger charge is -2.27. The molecule has 4 unspecified atom stereocenters. The highest BCUT2D eigenvalue weighted by Crippen LogP contribution is 2.19. The third-order valence-corrected chi connectivity index (χ3v) is 6.32. The summed E-state index contributed by atoms with van der Waals surface area (Å²) in [5.74, 6) is -2.66. The first kappa shape index (κ1) is 25.2. The molecule has 0 bridgehead atoms. The maximum Gasteiger partial charge on any atom is 0.322 e. The largest absolute Gasteiger partial charge is 0.480 e. The summed E-state index contributed by atoms with van der Waals surface area (Å²) >= 11 is 0. The molecule has 1 aromatic carbocycles. The van der Waals surface area contributed by atoms with Crippen LogP contribution in [0.25, 0.3) is 10.9 Å². The molecular formula is C24H33N5O5. The molecule has 0 spiro atoms. The highest BCUT2D eigenvalue weighted by atomic mass is 16.4. The molecule has 3 amide bonds. The molecule has 2 aromatic rings. The molecule has 1 fully saturated rings. The number of hydrogen-bond acceptors (Lipinski definition) is 5. The van der Waals surface area contributed by atoms with E-state index in [-0.39, 0.29) is 24.3 Å². The van der Waals surface area contributed by atoms with Crippen LogP contribution in [0.1, 0.15) is 38.7 Å². The fraction of sp³-hybridized carbons (Fsp3) is 0.500. The lowest BCUT2D eigenvalue weighted by atomic mass is 9.96. The molecule has 1 aliphatic rings. The van der Waals surface area contributed by atoms with Gasteiger partial charge in [-0.15, -0.1) is 0 Å². The summed E-state index contributed by atoms with van der Waals surface area (Å²) in [5, 5.41) is 21.0. The summed E-state index contributed by atoms with van der Waals surface area (Å²) in [4.78, 5) is 52.9. The average Bonchev–Trinajstić information content (AvgIpc) is 3.50. The number of nitrogens with one attached hydrogen (secondary N) is 5. The second kappa shape index (κ2) is 11.6. The minimum atomic E-state index is -1.18. The van der Waals surface area contributed by atoms with Crippen molar-refractivity contribution in [3.63, 3.8) is 0 Å². The van der Waals surface area contributed by atoms with Gasteiger partial charge in [0.15, 0.2) is 0 Å². The minimum absolute atomic E-state index is 0.159. The summed E-state index contributed by atoms with van der Waals surface area (Å²) in [6.07, 6.45) is 4.19. The number of amides is 3. The van der Waals surface area contributed by atoms with Gasteiger partial charge in [0.1, 0.15) is 18.6 Å². The van der Waals surface area contributed by atoms with Gasteiger partial charge in [-0.05, 0) is 36.9 Å². The first-order valence-electron chi connectivity index (χ1n) is 11.7. The van der Waals surface area contributed by atoms with Crippen molar-refractivity contribution < 1.29 is 24.3 Å². The molecule has 3 rings (SSSR count). The van der Waals surface area contributed by atoms with E-state index < -0.39 is 36.4 Å². The molecule has 1 aromatic heterocycles. The molecule has 10 nitrogen and oxygen atoms in total. The number of benzene rings is 1. The van der Waals surface area contributed by atoms with Gasteiger partial charge in [-0.1, -0.05) is 38.5 Å². The van der Waals surface area contributed by atoms with E-state index in [1.807, 2.05) is 38.1 Å². The monoisotopic (exact) mass is 471 g/mol. The molecular weight excluding hydrogens is 438 g/mol. The Morgan fingerprint density at radius 3 is 2.59 bits per heavy atom. The summed E-state index contributed by atoms with van der Waals surface area (Å²) < 4.78 is 0. The smallest absolute Gasteiger partial charge is 0.322 e. The van der Waals surface area contributed by atoms with E-state index in [1.165, 1.54) is 0 Å². The van der Waals surface area contributed by atoms with E-state index >= 15 is 0 Å². The molecule has 6 N–H and O–H groups in total. The topological polar surface area (TPSA) is 152 Å². The van der Waals surface area contributed by atoms with Crippen molar-refractivity contribution in [2.45, 2.75) is 57.7 Å². The number of carbonyl (C=O) groups is 4. The Balaban J connectivity index is 1.78. The quantitative estimate of drug-likeness (QED) is 0.283. The van der Waals surface area contributed by atoms with Crippen LogP contribution in [0.4, 0.5) is 0 Å². The SMILES string of the molecule is CCC(C)C(NC(=O)C1CCCN1)C(=O)NC(Cc1c[nH]c2ccccc12)C(=O)NCC(=O)O. The number of carboxylic acids is 1. The van der Waals surface area contributed by atoms with Crippen LogP contribution in [-0.4, -0.2) is 65.0 Å². The molecule has 0 radical (unpaired) electrons. The predicted octanol–water partition coefficient (Wildman–Crippen LogP) is 0.679. The van der Waals surface area contributed by atoms with E-state index in [1.54, 1.807) is 6.20 Å². The third-order valence-electron chi connectivity index (χ3n) is 6.32. The minimum Gasteiger partial charge on any atom is -0.480 e. The number of fused-ring (bicyclic) bond motifs is 1. The summed E-state index contributed by atoms with van der Waals surface area (Å²) in [5.41, 5.74) is 1.70. The van der Waals surface area contributed by atoms with E-state index in [2.05, 4.69) is 26.3 Å². The third kappa shape index (κ3) is 6.34. The lowest BCUT2D eigenvalue weighted by molar-refractivity contribution is -0.138.